The quantitative estimate of drug-likeness (QED) is 0.585. The van der Waals surface area contributed by atoms with Gasteiger partial charge in [0.25, 0.3) is 0 Å². The molecule has 3 rings (SSSR count). The zero-order valence-corrected chi connectivity index (χ0v) is 14.4. The van der Waals surface area contributed by atoms with Crippen molar-refractivity contribution < 1.29 is 14.6 Å². The largest absolute Gasteiger partial charge is 0.502 e. The Labute approximate surface area is 142 Å². The Morgan fingerprint density at radius 3 is 2.42 bits per heavy atom. The minimum atomic E-state index is -0.0370. The van der Waals surface area contributed by atoms with Crippen LogP contribution in [0.2, 0.25) is 0 Å². The molecule has 0 radical (unpaired) electrons. The second kappa shape index (κ2) is 6.76. The summed E-state index contributed by atoms with van der Waals surface area (Å²) in [5, 5.41) is 18.3. The molecule has 1 aromatic heterocycles. The van der Waals surface area contributed by atoms with E-state index in [9.17, 15) is 5.11 Å². The monoisotopic (exact) mass is 343 g/mol. The van der Waals surface area contributed by atoms with Gasteiger partial charge >= 0.3 is 0 Å². The van der Waals surface area contributed by atoms with E-state index in [1.54, 1.807) is 29.7 Å². The molecule has 0 aliphatic carbocycles. The highest BCUT2D eigenvalue weighted by molar-refractivity contribution is 7.16. The summed E-state index contributed by atoms with van der Waals surface area (Å²) in [5.74, 6) is 0.608. The number of ether oxygens (including phenoxy) is 2. The van der Waals surface area contributed by atoms with Crippen LogP contribution in [0.15, 0.2) is 46.6 Å². The highest BCUT2D eigenvalue weighted by atomic mass is 32.1. The molecule has 7 heteroatoms. The molecular formula is C17H17N3O3S. The molecule has 0 saturated carbocycles. The molecule has 0 spiro atoms. The zero-order valence-electron chi connectivity index (χ0n) is 13.6. The van der Waals surface area contributed by atoms with Crippen molar-refractivity contribution >= 4 is 27.8 Å². The first-order chi connectivity index (χ1) is 11.6. The number of para-hydroxylation sites is 1. The van der Waals surface area contributed by atoms with Crippen LogP contribution < -0.4 is 14.3 Å². The lowest BCUT2D eigenvalue weighted by Gasteiger charge is -2.08. The van der Waals surface area contributed by atoms with Crippen LogP contribution in [0, 0.1) is 0 Å². The van der Waals surface area contributed by atoms with Crippen LogP contribution in [0.3, 0.4) is 0 Å². The molecule has 0 aliphatic heterocycles. The van der Waals surface area contributed by atoms with Gasteiger partial charge < -0.3 is 19.1 Å². The van der Waals surface area contributed by atoms with Crippen molar-refractivity contribution in [3.8, 4) is 17.2 Å². The molecule has 6 nitrogen and oxygen atoms in total. The number of rotatable bonds is 4. The molecule has 0 aliphatic rings. The third-order valence-electron chi connectivity index (χ3n) is 3.57. The van der Waals surface area contributed by atoms with Crippen molar-refractivity contribution in [3.05, 3.63) is 46.8 Å². The SMILES string of the molecule is COc1cc(/C=N/N=c2sc3ccccc3n2C)cc(OC)c1O. The number of aryl methyl sites for hydroxylation is 1. The van der Waals surface area contributed by atoms with Gasteiger partial charge in [0.2, 0.25) is 10.6 Å². The summed E-state index contributed by atoms with van der Waals surface area (Å²) in [6, 6.07) is 11.4. The molecular weight excluding hydrogens is 326 g/mol. The average Bonchev–Trinajstić information content (AvgIpc) is 2.92. The minimum Gasteiger partial charge on any atom is -0.502 e. The van der Waals surface area contributed by atoms with Gasteiger partial charge in [-0.25, -0.2) is 0 Å². The summed E-state index contributed by atoms with van der Waals surface area (Å²) in [6.07, 6.45) is 1.59. The number of hydrogen-bond donors (Lipinski definition) is 1. The number of fused-ring (bicyclic) bond motifs is 1. The van der Waals surface area contributed by atoms with E-state index in [2.05, 4.69) is 16.3 Å². The fourth-order valence-corrected chi connectivity index (χ4v) is 3.29. The van der Waals surface area contributed by atoms with Gasteiger partial charge in [-0.3, -0.25) is 0 Å². The molecule has 1 N–H and O–H groups in total. The van der Waals surface area contributed by atoms with E-state index in [1.165, 1.54) is 14.2 Å². The Bertz CT molecular complexity index is 948. The molecule has 2 aromatic carbocycles. The number of aromatic nitrogens is 1. The molecule has 0 amide bonds. The van der Waals surface area contributed by atoms with Gasteiger partial charge in [-0.15, -0.1) is 5.10 Å². The summed E-state index contributed by atoms with van der Waals surface area (Å²) < 4.78 is 13.4. The van der Waals surface area contributed by atoms with E-state index in [0.717, 1.165) is 15.0 Å². The first kappa shape index (κ1) is 16.1. The molecule has 0 bridgehead atoms. The lowest BCUT2D eigenvalue weighted by molar-refractivity contribution is 0.340. The number of thiazole rings is 1. The number of phenols is 1. The van der Waals surface area contributed by atoms with Gasteiger partial charge in [-0.05, 0) is 24.3 Å². The van der Waals surface area contributed by atoms with Crippen LogP contribution in [0.1, 0.15) is 5.56 Å². The molecule has 124 valence electrons. The summed E-state index contributed by atoms with van der Waals surface area (Å²) in [6.45, 7) is 0. The number of phenolic OH excluding ortho intramolecular Hbond substituents is 1. The Morgan fingerprint density at radius 1 is 1.12 bits per heavy atom. The van der Waals surface area contributed by atoms with Crippen LogP contribution in [0.5, 0.6) is 17.2 Å². The fraction of sp³-hybridized carbons (Fsp3) is 0.176. The van der Waals surface area contributed by atoms with Crippen molar-refractivity contribution in [1.29, 1.82) is 0 Å². The Balaban J connectivity index is 1.97. The van der Waals surface area contributed by atoms with Gasteiger partial charge in [0.15, 0.2) is 11.5 Å². The van der Waals surface area contributed by atoms with E-state index in [-0.39, 0.29) is 5.75 Å². The summed E-state index contributed by atoms with van der Waals surface area (Å²) >= 11 is 1.57. The van der Waals surface area contributed by atoms with Gasteiger partial charge in [-0.1, -0.05) is 23.5 Å². The van der Waals surface area contributed by atoms with Crippen molar-refractivity contribution in [1.82, 2.24) is 4.57 Å². The lowest BCUT2D eigenvalue weighted by Crippen LogP contribution is -2.08. The van der Waals surface area contributed by atoms with Crippen LogP contribution in [0.25, 0.3) is 10.2 Å². The van der Waals surface area contributed by atoms with Gasteiger partial charge in [0, 0.05) is 12.6 Å². The Kier molecular flexibility index (Phi) is 4.52. The Hall–Kier alpha value is -2.80. The van der Waals surface area contributed by atoms with Crippen molar-refractivity contribution in [2.24, 2.45) is 17.3 Å². The lowest BCUT2D eigenvalue weighted by atomic mass is 10.2. The maximum Gasteiger partial charge on any atom is 0.211 e. The van der Waals surface area contributed by atoms with Crippen LogP contribution in [-0.4, -0.2) is 30.1 Å². The molecule has 3 aromatic rings. The topological polar surface area (TPSA) is 68.3 Å². The highest BCUT2D eigenvalue weighted by Gasteiger charge is 2.10. The minimum absolute atomic E-state index is 0.0370. The number of benzene rings is 2. The standard InChI is InChI=1S/C17H17N3O3S/c1-20-12-6-4-5-7-15(12)24-17(20)19-18-10-11-8-13(22-2)16(21)14(9-11)23-3/h4-10,21H,1-3H3/b18-10+,19-17?. The number of methoxy groups -OCH3 is 2. The number of hydrogen-bond acceptors (Lipinski definition) is 6. The van der Waals surface area contributed by atoms with Crippen LogP contribution >= 0.6 is 11.3 Å². The number of aromatic hydroxyl groups is 1. The second-order valence-corrected chi connectivity index (χ2v) is 6.04. The summed E-state index contributed by atoms with van der Waals surface area (Å²) in [7, 11) is 4.92. The molecule has 1 heterocycles. The van der Waals surface area contributed by atoms with E-state index in [4.69, 9.17) is 9.47 Å². The molecule has 0 atom stereocenters. The van der Waals surface area contributed by atoms with E-state index in [0.29, 0.717) is 17.1 Å². The van der Waals surface area contributed by atoms with Gasteiger partial charge in [-0.2, -0.15) is 5.10 Å². The van der Waals surface area contributed by atoms with E-state index in [1.807, 2.05) is 29.8 Å². The molecule has 0 saturated heterocycles. The summed E-state index contributed by atoms with van der Waals surface area (Å²) in [5.41, 5.74) is 1.83. The van der Waals surface area contributed by atoms with Crippen molar-refractivity contribution in [2.45, 2.75) is 0 Å². The normalized spacial score (nSPS) is 12.2. The maximum absolute atomic E-state index is 9.91. The van der Waals surface area contributed by atoms with E-state index < -0.39 is 0 Å². The molecule has 24 heavy (non-hydrogen) atoms. The Morgan fingerprint density at radius 2 is 1.79 bits per heavy atom. The zero-order chi connectivity index (χ0) is 17.1. The highest BCUT2D eigenvalue weighted by Crippen LogP contribution is 2.36. The fourth-order valence-electron chi connectivity index (χ4n) is 2.31. The third kappa shape index (κ3) is 2.98. The first-order valence-electron chi connectivity index (χ1n) is 7.20. The van der Waals surface area contributed by atoms with Crippen LogP contribution in [-0.2, 0) is 7.05 Å². The first-order valence-corrected chi connectivity index (χ1v) is 8.02. The van der Waals surface area contributed by atoms with Crippen LogP contribution in [0.4, 0.5) is 0 Å². The average molecular weight is 343 g/mol. The third-order valence-corrected chi connectivity index (χ3v) is 4.67. The molecule has 0 unspecified atom stereocenters. The predicted molar refractivity (Wildman–Crippen MR) is 95.2 cm³/mol. The maximum atomic E-state index is 9.91. The second-order valence-electron chi connectivity index (χ2n) is 5.03. The summed E-state index contributed by atoms with van der Waals surface area (Å²) in [4.78, 5) is 0.796. The van der Waals surface area contributed by atoms with Crippen molar-refractivity contribution in [2.75, 3.05) is 14.2 Å². The van der Waals surface area contributed by atoms with E-state index >= 15 is 0 Å². The van der Waals surface area contributed by atoms with Gasteiger partial charge in [0.05, 0.1) is 30.7 Å². The smallest absolute Gasteiger partial charge is 0.211 e. The number of nitrogens with zero attached hydrogens (tertiary/aromatic N) is 3. The van der Waals surface area contributed by atoms with Gasteiger partial charge in [0.1, 0.15) is 0 Å². The molecule has 0 fully saturated rings. The predicted octanol–water partition coefficient (Wildman–Crippen LogP) is 2.90. The van der Waals surface area contributed by atoms with Crippen molar-refractivity contribution in [3.63, 3.8) is 0 Å².